The molecule has 1 aliphatic rings. The summed E-state index contributed by atoms with van der Waals surface area (Å²) in [7, 11) is 0. The summed E-state index contributed by atoms with van der Waals surface area (Å²) in [5.41, 5.74) is 0. The van der Waals surface area contributed by atoms with Gasteiger partial charge in [0.15, 0.2) is 5.96 Å². The van der Waals surface area contributed by atoms with Crippen molar-refractivity contribution in [2.24, 2.45) is 10.9 Å². The Labute approximate surface area is 101 Å². The monoisotopic (exact) mass is 273 g/mol. The van der Waals surface area contributed by atoms with Crippen molar-refractivity contribution >= 4 is 21.9 Å². The van der Waals surface area contributed by atoms with Gasteiger partial charge < -0.3 is 10.6 Å². The van der Waals surface area contributed by atoms with Crippen LogP contribution in [0.4, 0.5) is 0 Å². The van der Waals surface area contributed by atoms with E-state index in [2.05, 4.69) is 45.1 Å². The summed E-state index contributed by atoms with van der Waals surface area (Å²) in [5.74, 6) is 1.74. The maximum atomic E-state index is 4.39. The van der Waals surface area contributed by atoms with Crippen LogP contribution in [0.15, 0.2) is 16.1 Å². The fraction of sp³-hybridized carbons (Fsp3) is 0.727. The Morgan fingerprint density at radius 3 is 2.67 bits per heavy atom. The van der Waals surface area contributed by atoms with Crippen molar-refractivity contribution < 1.29 is 0 Å². The van der Waals surface area contributed by atoms with Gasteiger partial charge in [0.05, 0.1) is 6.54 Å². The summed E-state index contributed by atoms with van der Waals surface area (Å²) >= 11 is 3.30. The van der Waals surface area contributed by atoms with Crippen molar-refractivity contribution in [3.63, 3.8) is 0 Å². The minimum absolute atomic E-state index is 0.625. The number of hydrogen-bond acceptors (Lipinski definition) is 1. The van der Waals surface area contributed by atoms with Gasteiger partial charge in [0.2, 0.25) is 0 Å². The van der Waals surface area contributed by atoms with Crippen molar-refractivity contribution in [2.75, 3.05) is 19.6 Å². The normalized spacial score (nSPS) is 17.1. The van der Waals surface area contributed by atoms with E-state index in [1.165, 1.54) is 19.3 Å². The first-order valence-corrected chi connectivity index (χ1v) is 6.37. The van der Waals surface area contributed by atoms with Crippen LogP contribution in [0.25, 0.3) is 0 Å². The Kier molecular flexibility index (Phi) is 5.76. The molecule has 0 heterocycles. The van der Waals surface area contributed by atoms with Gasteiger partial charge in [-0.2, -0.15) is 0 Å². The molecule has 2 N–H and O–H groups in total. The Hall–Kier alpha value is -0.510. The van der Waals surface area contributed by atoms with Gasteiger partial charge in [-0.25, -0.2) is 4.99 Å². The number of halogens is 1. The quantitative estimate of drug-likeness (QED) is 0.596. The van der Waals surface area contributed by atoms with E-state index in [1.807, 2.05) is 0 Å². The second-order valence-electron chi connectivity index (χ2n) is 3.89. The molecule has 1 rings (SSSR count). The fourth-order valence-electron chi connectivity index (χ4n) is 1.44. The molecule has 1 saturated carbocycles. The molecule has 0 spiro atoms. The highest BCUT2D eigenvalue weighted by Crippen LogP contribution is 2.24. The van der Waals surface area contributed by atoms with E-state index < -0.39 is 0 Å². The third-order valence-corrected chi connectivity index (χ3v) is 2.79. The zero-order valence-electron chi connectivity index (χ0n) is 9.35. The van der Waals surface area contributed by atoms with E-state index in [1.54, 1.807) is 0 Å². The van der Waals surface area contributed by atoms with Crippen LogP contribution in [-0.2, 0) is 0 Å². The molecule has 1 aliphatic carbocycles. The number of hydrogen-bond donors (Lipinski definition) is 2. The van der Waals surface area contributed by atoms with Crippen molar-refractivity contribution in [2.45, 2.75) is 26.2 Å². The third-order valence-electron chi connectivity index (χ3n) is 2.54. The molecule has 0 aromatic carbocycles. The van der Waals surface area contributed by atoms with Crippen LogP contribution >= 0.6 is 15.9 Å². The first-order valence-electron chi connectivity index (χ1n) is 5.57. The minimum atomic E-state index is 0.625. The maximum Gasteiger partial charge on any atom is 0.191 e. The fourth-order valence-corrected chi connectivity index (χ4v) is 1.57. The summed E-state index contributed by atoms with van der Waals surface area (Å²) in [4.78, 5) is 4.39. The van der Waals surface area contributed by atoms with E-state index in [4.69, 9.17) is 0 Å². The Bertz CT molecular complexity index is 234. The molecule has 1 fully saturated rings. The molecular weight excluding hydrogens is 254 g/mol. The number of nitrogens with zero attached hydrogens (tertiary/aromatic N) is 1. The van der Waals surface area contributed by atoms with Crippen molar-refractivity contribution in [3.8, 4) is 0 Å². The van der Waals surface area contributed by atoms with Gasteiger partial charge in [-0.05, 0) is 25.7 Å². The molecule has 0 atom stereocenters. The van der Waals surface area contributed by atoms with Crippen LogP contribution in [0.3, 0.4) is 0 Å². The second kappa shape index (κ2) is 6.88. The Morgan fingerprint density at radius 2 is 2.20 bits per heavy atom. The van der Waals surface area contributed by atoms with E-state index in [0.717, 1.165) is 29.4 Å². The SMILES string of the molecule is C=C(Br)CN=C(NCC)NCC1CCC1. The molecular formula is C11H20BrN3. The molecule has 0 amide bonds. The smallest absolute Gasteiger partial charge is 0.191 e. The zero-order chi connectivity index (χ0) is 11.1. The molecule has 0 aromatic heterocycles. The molecule has 0 aromatic rings. The average molecular weight is 274 g/mol. The van der Waals surface area contributed by atoms with Crippen LogP contribution in [0.5, 0.6) is 0 Å². The van der Waals surface area contributed by atoms with Crippen molar-refractivity contribution in [3.05, 3.63) is 11.1 Å². The predicted molar refractivity (Wildman–Crippen MR) is 69.4 cm³/mol. The van der Waals surface area contributed by atoms with Gasteiger partial charge in [0.25, 0.3) is 0 Å². The number of aliphatic imine (C=N–C) groups is 1. The lowest BCUT2D eigenvalue weighted by atomic mass is 9.85. The highest BCUT2D eigenvalue weighted by molar-refractivity contribution is 9.11. The summed E-state index contributed by atoms with van der Waals surface area (Å²) in [5, 5.41) is 6.57. The summed E-state index contributed by atoms with van der Waals surface area (Å²) < 4.78 is 0.906. The van der Waals surface area contributed by atoms with Gasteiger partial charge in [0.1, 0.15) is 0 Å². The summed E-state index contributed by atoms with van der Waals surface area (Å²) in [6, 6.07) is 0. The maximum absolute atomic E-state index is 4.39. The molecule has 0 saturated heterocycles. The van der Waals surface area contributed by atoms with Crippen molar-refractivity contribution in [1.29, 1.82) is 0 Å². The van der Waals surface area contributed by atoms with Crippen LogP contribution in [-0.4, -0.2) is 25.6 Å². The van der Waals surface area contributed by atoms with Crippen LogP contribution < -0.4 is 10.6 Å². The summed E-state index contributed by atoms with van der Waals surface area (Å²) in [6.45, 7) is 8.40. The van der Waals surface area contributed by atoms with E-state index in [-0.39, 0.29) is 0 Å². The zero-order valence-corrected chi connectivity index (χ0v) is 10.9. The predicted octanol–water partition coefficient (Wildman–Crippen LogP) is 2.25. The van der Waals surface area contributed by atoms with Gasteiger partial charge in [-0.3, -0.25) is 0 Å². The van der Waals surface area contributed by atoms with E-state index in [9.17, 15) is 0 Å². The molecule has 4 heteroatoms. The minimum Gasteiger partial charge on any atom is -0.357 e. The average Bonchev–Trinajstić information content (AvgIpc) is 2.11. The number of guanidine groups is 1. The molecule has 0 bridgehead atoms. The standard InChI is InChI=1S/C11H20BrN3/c1-3-13-11(14-7-9(2)12)15-8-10-5-4-6-10/h10H,2-8H2,1H3,(H2,13,14,15). The largest absolute Gasteiger partial charge is 0.357 e. The molecule has 86 valence electrons. The molecule has 15 heavy (non-hydrogen) atoms. The first-order chi connectivity index (χ1) is 7.22. The number of rotatable bonds is 5. The van der Waals surface area contributed by atoms with Crippen LogP contribution in [0, 0.1) is 5.92 Å². The van der Waals surface area contributed by atoms with Crippen LogP contribution in [0.2, 0.25) is 0 Å². The molecule has 0 aliphatic heterocycles. The molecule has 0 radical (unpaired) electrons. The molecule has 0 unspecified atom stereocenters. The second-order valence-corrected chi connectivity index (χ2v) is 5.01. The topological polar surface area (TPSA) is 36.4 Å². The summed E-state index contributed by atoms with van der Waals surface area (Å²) in [6.07, 6.45) is 4.10. The van der Waals surface area contributed by atoms with Gasteiger partial charge in [-0.1, -0.05) is 28.9 Å². The highest BCUT2D eigenvalue weighted by Gasteiger charge is 2.17. The van der Waals surface area contributed by atoms with Gasteiger partial charge >= 0.3 is 0 Å². The van der Waals surface area contributed by atoms with Crippen LogP contribution in [0.1, 0.15) is 26.2 Å². The lowest BCUT2D eigenvalue weighted by Crippen LogP contribution is -2.41. The lowest BCUT2D eigenvalue weighted by molar-refractivity contribution is 0.314. The first kappa shape index (κ1) is 12.6. The van der Waals surface area contributed by atoms with E-state index in [0.29, 0.717) is 6.54 Å². The molecule has 3 nitrogen and oxygen atoms in total. The van der Waals surface area contributed by atoms with E-state index >= 15 is 0 Å². The Balaban J connectivity index is 2.27. The van der Waals surface area contributed by atoms with Gasteiger partial charge in [0, 0.05) is 17.6 Å². The number of nitrogens with one attached hydrogen (secondary N) is 2. The van der Waals surface area contributed by atoms with Gasteiger partial charge in [-0.15, -0.1) is 0 Å². The highest BCUT2D eigenvalue weighted by atomic mass is 79.9. The third kappa shape index (κ3) is 5.21. The lowest BCUT2D eigenvalue weighted by Gasteiger charge is -2.26. The van der Waals surface area contributed by atoms with Crippen molar-refractivity contribution in [1.82, 2.24) is 10.6 Å². The Morgan fingerprint density at radius 1 is 1.47 bits per heavy atom.